The quantitative estimate of drug-likeness (QED) is 0.164. The van der Waals surface area contributed by atoms with E-state index in [2.05, 4.69) is 72.8 Å². The van der Waals surface area contributed by atoms with E-state index in [1.54, 1.807) is 13.8 Å². The zero-order chi connectivity index (χ0) is 36.3. The molecule has 0 atom stereocenters. The Labute approximate surface area is 301 Å². The molecule has 1 aromatic heterocycles. The smallest absolute Gasteiger partial charge is 0.423 e. The first-order valence-electron chi connectivity index (χ1n) is 17.7. The maximum absolute atomic E-state index is 10.9. The van der Waals surface area contributed by atoms with Crippen molar-refractivity contribution in [3.05, 3.63) is 103 Å². The Hall–Kier alpha value is -4.40. The third-order valence-corrected chi connectivity index (χ3v) is 10.8. The summed E-state index contributed by atoms with van der Waals surface area (Å²) in [6, 6.07) is 35.3. The number of benzene rings is 5. The van der Waals surface area contributed by atoms with Crippen molar-refractivity contribution in [3.8, 4) is 34.2 Å². The van der Waals surface area contributed by atoms with E-state index in [0.29, 0.717) is 17.5 Å². The van der Waals surface area contributed by atoms with Crippen LogP contribution in [-0.4, -0.2) is 56.5 Å². The van der Waals surface area contributed by atoms with Gasteiger partial charge in [0.05, 0.1) is 22.4 Å². The lowest BCUT2D eigenvalue weighted by molar-refractivity contribution is -0.0918. The van der Waals surface area contributed by atoms with Crippen molar-refractivity contribution < 1.29 is 19.1 Å². The van der Waals surface area contributed by atoms with Crippen LogP contribution in [0.4, 0.5) is 0 Å². The average molecular weight is 677 g/mol. The van der Waals surface area contributed by atoms with Gasteiger partial charge < -0.3 is 19.1 Å². The molecule has 9 heteroatoms. The number of fused-ring (bicyclic) bond motifs is 2. The average Bonchev–Trinajstić information content (AvgIpc) is 3.32. The van der Waals surface area contributed by atoms with E-state index in [1.165, 1.54) is 0 Å². The highest BCUT2D eigenvalue weighted by atomic mass is 16.7. The van der Waals surface area contributed by atoms with E-state index in [9.17, 15) is 5.11 Å². The lowest BCUT2D eigenvalue weighted by Crippen LogP contribution is -2.52. The van der Waals surface area contributed by atoms with Crippen LogP contribution in [0.15, 0.2) is 103 Å². The van der Waals surface area contributed by atoms with Gasteiger partial charge in [-0.15, -0.1) is 0 Å². The van der Waals surface area contributed by atoms with Gasteiger partial charge in [0.2, 0.25) is 0 Å². The van der Waals surface area contributed by atoms with Crippen molar-refractivity contribution >= 4 is 46.5 Å². The Balaban J connectivity index is 1.41. The van der Waals surface area contributed by atoms with Gasteiger partial charge in [-0.1, -0.05) is 97.8 Å². The van der Waals surface area contributed by atoms with E-state index >= 15 is 0 Å². The highest BCUT2D eigenvalue weighted by Gasteiger charge is 2.52. The first-order chi connectivity index (χ1) is 24.0. The molecule has 7 nitrogen and oxygen atoms in total. The molecule has 0 amide bonds. The van der Waals surface area contributed by atoms with Crippen LogP contribution in [0.5, 0.6) is 0 Å². The van der Waals surface area contributed by atoms with Crippen LogP contribution in [0, 0.1) is 0 Å². The molecule has 1 aliphatic heterocycles. The van der Waals surface area contributed by atoms with Crippen molar-refractivity contribution in [1.29, 1.82) is 0 Å². The monoisotopic (exact) mass is 677 g/mol. The number of hydrogen-bond acceptors (Lipinski definition) is 7. The van der Waals surface area contributed by atoms with Crippen LogP contribution in [0.1, 0.15) is 55.4 Å². The summed E-state index contributed by atoms with van der Waals surface area (Å²) in [5, 5.41) is 15.4. The van der Waals surface area contributed by atoms with Crippen LogP contribution in [0.25, 0.3) is 55.7 Å². The van der Waals surface area contributed by atoms with Gasteiger partial charge >= 0.3 is 14.0 Å². The topological polar surface area (TPSA) is 86.6 Å². The molecule has 1 saturated heterocycles. The fourth-order valence-corrected chi connectivity index (χ4v) is 6.23. The number of rotatable bonds is 8. The molecule has 5 aromatic carbocycles. The van der Waals surface area contributed by atoms with Gasteiger partial charge in [-0.05, 0) is 100.0 Å². The lowest BCUT2D eigenvalue weighted by Gasteiger charge is -2.39. The van der Waals surface area contributed by atoms with Crippen molar-refractivity contribution in [2.24, 2.45) is 0 Å². The molecular weight excluding hydrogens is 632 g/mol. The van der Waals surface area contributed by atoms with E-state index < -0.39 is 36.4 Å². The van der Waals surface area contributed by atoms with E-state index in [1.807, 2.05) is 78.7 Å². The predicted octanol–water partition coefficient (Wildman–Crippen LogP) is 7.87. The summed E-state index contributed by atoms with van der Waals surface area (Å²) in [5.41, 5.74) is 1.30. The molecule has 1 N–H and O–H groups in total. The molecule has 0 saturated carbocycles. The van der Waals surface area contributed by atoms with E-state index in [4.69, 9.17) is 28.9 Å². The van der Waals surface area contributed by atoms with Crippen LogP contribution in [0.2, 0.25) is 6.82 Å². The molecule has 0 bridgehead atoms. The first kappa shape index (κ1) is 35.0. The summed E-state index contributed by atoms with van der Waals surface area (Å²) in [6.07, 6.45) is 0. The summed E-state index contributed by atoms with van der Waals surface area (Å²) in [5.74, 6) is 1.66. The van der Waals surface area contributed by atoms with Crippen LogP contribution in [0.3, 0.4) is 0 Å². The molecule has 0 unspecified atom stereocenters. The Morgan fingerprint density at radius 2 is 1.06 bits per heavy atom. The van der Waals surface area contributed by atoms with Crippen LogP contribution in [-0.2, 0) is 14.0 Å². The van der Waals surface area contributed by atoms with Crippen LogP contribution >= 0.6 is 0 Å². The maximum atomic E-state index is 10.9. The van der Waals surface area contributed by atoms with E-state index in [-0.39, 0.29) is 0 Å². The molecule has 51 heavy (non-hydrogen) atoms. The normalized spacial score (nSPS) is 15.8. The molecule has 1 fully saturated rings. The third kappa shape index (κ3) is 6.84. The van der Waals surface area contributed by atoms with Gasteiger partial charge in [0, 0.05) is 16.7 Å². The minimum atomic E-state index is -1.08. The maximum Gasteiger partial charge on any atom is 0.494 e. The van der Waals surface area contributed by atoms with Gasteiger partial charge in [-0.25, -0.2) is 15.0 Å². The molecule has 0 aliphatic carbocycles. The minimum absolute atomic E-state index is 0.394. The van der Waals surface area contributed by atoms with Gasteiger partial charge in [0.15, 0.2) is 17.5 Å². The summed E-state index contributed by atoms with van der Waals surface area (Å²) in [6.45, 7) is 17.1. The van der Waals surface area contributed by atoms with Gasteiger partial charge in [-0.3, -0.25) is 0 Å². The van der Waals surface area contributed by atoms with Gasteiger partial charge in [0.1, 0.15) is 0 Å². The van der Waals surface area contributed by atoms with Gasteiger partial charge in [-0.2, -0.15) is 0 Å². The van der Waals surface area contributed by atoms with E-state index in [0.717, 1.165) is 49.2 Å². The fraction of sp³-hybridized carbons (Fsp3) is 0.310. The molecular formula is C42H45B2N3O4. The number of nitrogens with zero attached hydrogens (tertiary/aromatic N) is 3. The largest absolute Gasteiger partial charge is 0.494 e. The second-order valence-electron chi connectivity index (χ2n) is 15.7. The SMILES string of the molecule is CB(OC(C)(C)C(C)(C)O)c1cc(B2OC(C)(C)C(C)(C)O2)cc(-c2nc(-c3ccc4ccccc4c3)nc(-c3ccc4ccccc4c3)n2)c1. The summed E-state index contributed by atoms with van der Waals surface area (Å²) < 4.78 is 19.6. The van der Waals surface area contributed by atoms with Crippen molar-refractivity contribution in [2.45, 2.75) is 84.6 Å². The fourth-order valence-electron chi connectivity index (χ4n) is 6.23. The highest BCUT2D eigenvalue weighted by molar-refractivity contribution is 6.68. The molecule has 258 valence electrons. The Kier molecular flexibility index (Phi) is 8.70. The first-order valence-corrected chi connectivity index (χ1v) is 17.7. The second kappa shape index (κ2) is 12.7. The van der Waals surface area contributed by atoms with Crippen LogP contribution < -0.4 is 10.9 Å². The molecule has 0 radical (unpaired) electrons. The number of hydrogen-bond donors (Lipinski definition) is 1. The Morgan fingerprint density at radius 1 is 0.608 bits per heavy atom. The summed E-state index contributed by atoms with van der Waals surface area (Å²) >= 11 is 0. The standard InChI is InChI=1S/C42H45B2N3O4/c1-39(2,48)40(3,4)49-43(9)34-24-33(25-35(26-34)44-50-41(5,6)42(7,8)51-44)38-46-36(31-20-18-27-14-10-12-16-29(27)22-31)45-37(47-38)32-21-19-28-15-11-13-17-30(28)23-32/h10-26,48H,1-9H3. The highest BCUT2D eigenvalue weighted by Crippen LogP contribution is 2.37. The number of aromatic nitrogens is 3. The second-order valence-corrected chi connectivity index (χ2v) is 15.7. The predicted molar refractivity (Wildman–Crippen MR) is 210 cm³/mol. The molecule has 1 aliphatic rings. The third-order valence-electron chi connectivity index (χ3n) is 10.8. The summed E-state index contributed by atoms with van der Waals surface area (Å²) in [4.78, 5) is 15.3. The van der Waals surface area contributed by atoms with Crippen molar-refractivity contribution in [1.82, 2.24) is 15.0 Å². The number of aliphatic hydroxyl groups is 1. The Bertz CT molecular complexity index is 2150. The van der Waals surface area contributed by atoms with Gasteiger partial charge in [0.25, 0.3) is 0 Å². The van der Waals surface area contributed by atoms with Crippen molar-refractivity contribution in [2.75, 3.05) is 0 Å². The Morgan fingerprint density at radius 3 is 1.53 bits per heavy atom. The lowest BCUT2D eigenvalue weighted by atomic mass is 9.60. The van der Waals surface area contributed by atoms with Crippen molar-refractivity contribution in [3.63, 3.8) is 0 Å². The zero-order valence-corrected chi connectivity index (χ0v) is 31.0. The zero-order valence-electron chi connectivity index (χ0n) is 31.0. The minimum Gasteiger partial charge on any atom is -0.423 e. The molecule has 6 aromatic rings. The molecule has 7 rings (SSSR count). The molecule has 0 spiro atoms. The molecule has 2 heterocycles. The summed E-state index contributed by atoms with van der Waals surface area (Å²) in [7, 11) is -0.620.